The smallest absolute Gasteiger partial charge is 0.293 e. The van der Waals surface area contributed by atoms with Crippen molar-refractivity contribution in [1.29, 1.82) is 0 Å². The molecule has 33 heavy (non-hydrogen) atoms. The molecule has 166 valence electrons. The van der Waals surface area contributed by atoms with E-state index in [0.717, 1.165) is 39.4 Å². The van der Waals surface area contributed by atoms with Gasteiger partial charge in [-0.1, -0.05) is 48.2 Å². The van der Waals surface area contributed by atoms with Gasteiger partial charge >= 0.3 is 6.18 Å². The van der Waals surface area contributed by atoms with Crippen molar-refractivity contribution in [1.82, 2.24) is 19.7 Å². The van der Waals surface area contributed by atoms with Crippen LogP contribution in [0.25, 0.3) is 22.5 Å². The average Bonchev–Trinajstić information content (AvgIpc) is 3.37. The standard InChI is InChI=1S/C24H17F3N4OS/c25-24(26,27)14-31-22(15-7-9-28-10-8-15)29-30-23(31)33-13-21(32)18-6-5-17-11-16-3-1-2-4-19(16)20(17)12-18/h1-10,12H,11,13-14H2. The van der Waals surface area contributed by atoms with Crippen molar-refractivity contribution in [3.63, 3.8) is 0 Å². The molecule has 0 spiro atoms. The molecule has 0 bridgehead atoms. The third kappa shape index (κ3) is 4.41. The van der Waals surface area contributed by atoms with Crippen molar-refractivity contribution in [2.45, 2.75) is 24.3 Å². The molecule has 5 nitrogen and oxygen atoms in total. The second-order valence-electron chi connectivity index (χ2n) is 7.66. The van der Waals surface area contributed by atoms with Gasteiger partial charge in [0.15, 0.2) is 16.8 Å². The van der Waals surface area contributed by atoms with E-state index in [9.17, 15) is 18.0 Å². The number of alkyl halides is 3. The second kappa shape index (κ2) is 8.47. The molecule has 9 heteroatoms. The zero-order valence-electron chi connectivity index (χ0n) is 17.2. The fourth-order valence-electron chi connectivity index (χ4n) is 3.94. The molecule has 0 fully saturated rings. The number of rotatable bonds is 6. The maximum atomic E-state index is 13.2. The summed E-state index contributed by atoms with van der Waals surface area (Å²) in [6, 6.07) is 16.8. The van der Waals surface area contributed by atoms with Gasteiger partial charge in [0, 0.05) is 23.5 Å². The third-order valence-electron chi connectivity index (χ3n) is 5.45. The van der Waals surface area contributed by atoms with Crippen molar-refractivity contribution >= 4 is 17.5 Å². The molecule has 0 aliphatic heterocycles. The van der Waals surface area contributed by atoms with E-state index in [1.807, 2.05) is 30.3 Å². The van der Waals surface area contributed by atoms with Gasteiger partial charge in [-0.2, -0.15) is 13.2 Å². The second-order valence-corrected chi connectivity index (χ2v) is 8.60. The van der Waals surface area contributed by atoms with E-state index in [1.54, 1.807) is 18.2 Å². The molecule has 0 unspecified atom stereocenters. The number of aromatic nitrogens is 4. The lowest BCUT2D eigenvalue weighted by Crippen LogP contribution is -2.19. The number of pyridine rings is 1. The predicted molar refractivity (Wildman–Crippen MR) is 119 cm³/mol. The van der Waals surface area contributed by atoms with Crippen LogP contribution in [0, 0.1) is 0 Å². The number of benzene rings is 2. The summed E-state index contributed by atoms with van der Waals surface area (Å²) in [6.07, 6.45) is -0.682. The van der Waals surface area contributed by atoms with Crippen molar-refractivity contribution < 1.29 is 18.0 Å². The van der Waals surface area contributed by atoms with Gasteiger partial charge in [-0.3, -0.25) is 14.3 Å². The van der Waals surface area contributed by atoms with E-state index in [1.165, 1.54) is 18.0 Å². The molecule has 4 aromatic rings. The van der Waals surface area contributed by atoms with Gasteiger partial charge in [0.1, 0.15) is 6.54 Å². The zero-order valence-corrected chi connectivity index (χ0v) is 18.0. The first kappa shape index (κ1) is 21.4. The fraction of sp³-hybridized carbons (Fsp3) is 0.167. The highest BCUT2D eigenvalue weighted by molar-refractivity contribution is 7.99. The summed E-state index contributed by atoms with van der Waals surface area (Å²) in [4.78, 5) is 16.8. The summed E-state index contributed by atoms with van der Waals surface area (Å²) in [6.45, 7) is -1.25. The summed E-state index contributed by atoms with van der Waals surface area (Å²) in [5, 5.41) is 7.92. The largest absolute Gasteiger partial charge is 0.406 e. The van der Waals surface area contributed by atoms with Crippen molar-refractivity contribution in [3.05, 3.63) is 83.7 Å². The maximum absolute atomic E-state index is 13.2. The van der Waals surface area contributed by atoms with E-state index >= 15 is 0 Å². The minimum atomic E-state index is -4.46. The molecule has 2 heterocycles. The Labute approximate surface area is 191 Å². The van der Waals surface area contributed by atoms with Gasteiger partial charge < -0.3 is 0 Å². The molecule has 0 amide bonds. The Kier molecular flexibility index (Phi) is 5.49. The van der Waals surface area contributed by atoms with Gasteiger partial charge in [0.25, 0.3) is 0 Å². The number of thioether (sulfide) groups is 1. The molecule has 0 saturated heterocycles. The number of nitrogens with zero attached hydrogens (tertiary/aromatic N) is 4. The molecule has 0 saturated carbocycles. The van der Waals surface area contributed by atoms with Crippen molar-refractivity contribution in [3.8, 4) is 22.5 Å². The molecule has 0 N–H and O–H groups in total. The SMILES string of the molecule is O=C(CSc1nnc(-c2ccncc2)n1CC(F)(F)F)c1ccc2c(c1)-c1ccccc1C2. The maximum Gasteiger partial charge on any atom is 0.406 e. The minimum Gasteiger partial charge on any atom is -0.293 e. The van der Waals surface area contributed by atoms with Gasteiger partial charge in [-0.05, 0) is 46.9 Å². The summed E-state index contributed by atoms with van der Waals surface area (Å²) in [7, 11) is 0. The Hall–Kier alpha value is -3.46. The van der Waals surface area contributed by atoms with Gasteiger partial charge in [-0.15, -0.1) is 10.2 Å². The molecule has 2 aromatic heterocycles. The first-order valence-corrected chi connectivity index (χ1v) is 11.2. The average molecular weight is 466 g/mol. The Bertz CT molecular complexity index is 1340. The number of fused-ring (bicyclic) bond motifs is 3. The normalized spacial score (nSPS) is 12.5. The number of halogens is 3. The van der Waals surface area contributed by atoms with Crippen LogP contribution in [0.3, 0.4) is 0 Å². The summed E-state index contributed by atoms with van der Waals surface area (Å²) in [5.74, 6) is -0.148. The fourth-order valence-corrected chi connectivity index (χ4v) is 4.77. The van der Waals surface area contributed by atoms with Crippen LogP contribution >= 0.6 is 11.8 Å². The van der Waals surface area contributed by atoms with Crippen LogP contribution in [-0.4, -0.2) is 37.5 Å². The van der Waals surface area contributed by atoms with E-state index in [4.69, 9.17) is 0 Å². The highest BCUT2D eigenvalue weighted by Gasteiger charge is 2.31. The number of ketones is 1. The van der Waals surface area contributed by atoms with Gasteiger partial charge in [-0.25, -0.2) is 0 Å². The van der Waals surface area contributed by atoms with Crippen molar-refractivity contribution in [2.75, 3.05) is 5.75 Å². The Morgan fingerprint density at radius 1 is 0.970 bits per heavy atom. The van der Waals surface area contributed by atoms with Crippen molar-refractivity contribution in [2.24, 2.45) is 0 Å². The number of carbonyl (C=O) groups excluding carboxylic acids is 1. The van der Waals surface area contributed by atoms with Gasteiger partial charge in [0.2, 0.25) is 0 Å². The van der Waals surface area contributed by atoms with Crippen LogP contribution in [0.1, 0.15) is 21.5 Å². The summed E-state index contributed by atoms with van der Waals surface area (Å²) >= 11 is 0.949. The quantitative estimate of drug-likeness (QED) is 0.246. The van der Waals surface area contributed by atoms with Crippen LogP contribution in [-0.2, 0) is 13.0 Å². The lowest BCUT2D eigenvalue weighted by atomic mass is 10.0. The number of Topliss-reactive ketones (excluding diaryl/α,β-unsaturated/α-hetero) is 1. The molecule has 1 aliphatic rings. The molecule has 0 radical (unpaired) electrons. The molecule has 0 atom stereocenters. The van der Waals surface area contributed by atoms with Crippen LogP contribution < -0.4 is 0 Å². The van der Waals surface area contributed by atoms with E-state index in [-0.39, 0.29) is 22.5 Å². The highest BCUT2D eigenvalue weighted by atomic mass is 32.2. The van der Waals surface area contributed by atoms with E-state index in [0.29, 0.717) is 11.1 Å². The third-order valence-corrected chi connectivity index (χ3v) is 6.41. The lowest BCUT2D eigenvalue weighted by Gasteiger charge is -2.12. The van der Waals surface area contributed by atoms with Crippen LogP contribution in [0.4, 0.5) is 13.2 Å². The molecule has 5 rings (SSSR count). The molecular weight excluding hydrogens is 449 g/mol. The topological polar surface area (TPSA) is 60.7 Å². The lowest BCUT2D eigenvalue weighted by molar-refractivity contribution is -0.141. The first-order chi connectivity index (χ1) is 15.9. The number of hydrogen-bond acceptors (Lipinski definition) is 5. The molecular formula is C24H17F3N4OS. The number of carbonyl (C=O) groups is 1. The van der Waals surface area contributed by atoms with E-state index in [2.05, 4.69) is 21.2 Å². The van der Waals surface area contributed by atoms with Crippen LogP contribution in [0.2, 0.25) is 0 Å². The highest BCUT2D eigenvalue weighted by Crippen LogP contribution is 2.37. The predicted octanol–water partition coefficient (Wildman–Crippen LogP) is 5.45. The Morgan fingerprint density at radius 3 is 2.52 bits per heavy atom. The molecule has 1 aliphatic carbocycles. The zero-order chi connectivity index (χ0) is 23.0. The Balaban J connectivity index is 1.38. The van der Waals surface area contributed by atoms with Gasteiger partial charge in [0.05, 0.1) is 5.75 Å². The first-order valence-electron chi connectivity index (χ1n) is 10.2. The summed E-state index contributed by atoms with van der Waals surface area (Å²) in [5.41, 5.74) is 5.51. The van der Waals surface area contributed by atoms with Crippen LogP contribution in [0.5, 0.6) is 0 Å². The van der Waals surface area contributed by atoms with Crippen LogP contribution in [0.15, 0.2) is 72.1 Å². The minimum absolute atomic E-state index is 0.0407. The Morgan fingerprint density at radius 2 is 1.73 bits per heavy atom. The molecule has 2 aromatic carbocycles. The van der Waals surface area contributed by atoms with E-state index < -0.39 is 12.7 Å². The summed E-state index contributed by atoms with van der Waals surface area (Å²) < 4.78 is 40.7. The monoisotopic (exact) mass is 466 g/mol. The number of hydrogen-bond donors (Lipinski definition) is 0.